The largest absolute Gasteiger partial charge is 0.375 e. The Morgan fingerprint density at radius 3 is 2.92 bits per heavy atom. The van der Waals surface area contributed by atoms with E-state index in [1.54, 1.807) is 17.7 Å². The van der Waals surface area contributed by atoms with Crippen molar-refractivity contribution in [2.24, 2.45) is 0 Å². The molecule has 0 saturated heterocycles. The van der Waals surface area contributed by atoms with Crippen molar-refractivity contribution < 1.29 is 4.79 Å². The Hall–Kier alpha value is -2.12. The predicted molar refractivity (Wildman–Crippen MR) is 105 cm³/mol. The van der Waals surface area contributed by atoms with E-state index in [4.69, 9.17) is 0 Å². The molecule has 3 aromatic rings. The quantitative estimate of drug-likeness (QED) is 0.373. The van der Waals surface area contributed by atoms with Gasteiger partial charge in [-0.25, -0.2) is 9.97 Å². The van der Waals surface area contributed by atoms with Gasteiger partial charge in [-0.1, -0.05) is 30.0 Å². The van der Waals surface area contributed by atoms with Gasteiger partial charge in [0, 0.05) is 31.2 Å². The van der Waals surface area contributed by atoms with Crippen LogP contribution < -0.4 is 10.2 Å². The molecule has 0 unspecified atom stereocenters. The fourth-order valence-electron chi connectivity index (χ4n) is 2.42. The Balaban J connectivity index is 1.38. The van der Waals surface area contributed by atoms with Crippen molar-refractivity contribution in [3.63, 3.8) is 0 Å². The highest BCUT2D eigenvalue weighted by Gasteiger charge is 2.08. The second-order valence-corrected chi connectivity index (χ2v) is 7.43. The van der Waals surface area contributed by atoms with E-state index >= 15 is 0 Å². The minimum absolute atomic E-state index is 0.0364. The van der Waals surface area contributed by atoms with Crippen molar-refractivity contribution in [2.75, 3.05) is 30.8 Å². The van der Waals surface area contributed by atoms with E-state index in [2.05, 4.69) is 39.4 Å². The van der Waals surface area contributed by atoms with Gasteiger partial charge in [-0.15, -0.1) is 11.3 Å². The first-order valence-corrected chi connectivity index (χ1v) is 9.94. The van der Waals surface area contributed by atoms with Crippen molar-refractivity contribution >= 4 is 44.9 Å². The molecule has 0 aliphatic heterocycles. The number of rotatable bonds is 8. The smallest absolute Gasteiger partial charge is 0.230 e. The van der Waals surface area contributed by atoms with Crippen LogP contribution in [0, 0.1) is 0 Å². The van der Waals surface area contributed by atoms with Gasteiger partial charge >= 0.3 is 0 Å². The number of nitrogens with one attached hydrogen (secondary N) is 1. The molecule has 2 heterocycles. The molecule has 0 aliphatic rings. The molecule has 0 saturated carbocycles. The molecule has 0 fully saturated rings. The van der Waals surface area contributed by atoms with Crippen LogP contribution in [0.5, 0.6) is 0 Å². The molecule has 0 spiro atoms. The summed E-state index contributed by atoms with van der Waals surface area (Å²) in [6.07, 6.45) is 2.46. The van der Waals surface area contributed by atoms with E-state index in [-0.39, 0.29) is 5.91 Å². The van der Waals surface area contributed by atoms with Gasteiger partial charge in [0.2, 0.25) is 5.91 Å². The van der Waals surface area contributed by atoms with Crippen LogP contribution in [0.25, 0.3) is 10.2 Å². The Kier molecular flexibility index (Phi) is 6.25. The maximum Gasteiger partial charge on any atom is 0.230 e. The van der Waals surface area contributed by atoms with Crippen LogP contribution in [-0.2, 0) is 4.79 Å². The van der Waals surface area contributed by atoms with E-state index in [9.17, 15) is 4.79 Å². The standard InChI is InChI=1S/C18H20N4OS2/c1-22(14-6-3-2-4-7-14)10-5-9-19-16(23)12-25-18-15-8-11-24-17(15)20-13-21-18/h2-4,6-8,11,13H,5,9-10,12H2,1H3,(H,19,23). The average molecular weight is 373 g/mol. The number of aromatic nitrogens is 2. The van der Waals surface area contributed by atoms with E-state index in [0.29, 0.717) is 12.3 Å². The topological polar surface area (TPSA) is 58.1 Å². The SMILES string of the molecule is CN(CCCNC(=O)CSc1ncnc2sccc12)c1ccccc1. The van der Waals surface area contributed by atoms with Crippen LogP contribution in [0.3, 0.4) is 0 Å². The summed E-state index contributed by atoms with van der Waals surface area (Å²) in [6, 6.07) is 12.2. The highest BCUT2D eigenvalue weighted by atomic mass is 32.2. The van der Waals surface area contributed by atoms with Crippen molar-refractivity contribution in [2.45, 2.75) is 11.4 Å². The van der Waals surface area contributed by atoms with Gasteiger partial charge in [0.05, 0.1) is 5.75 Å². The summed E-state index contributed by atoms with van der Waals surface area (Å²) >= 11 is 3.04. The fourth-order valence-corrected chi connectivity index (χ4v) is 4.03. The molecule has 7 heteroatoms. The number of para-hydroxylation sites is 1. The lowest BCUT2D eigenvalue weighted by Crippen LogP contribution is -2.29. The van der Waals surface area contributed by atoms with Gasteiger partial charge in [0.25, 0.3) is 0 Å². The lowest BCUT2D eigenvalue weighted by molar-refractivity contribution is -0.118. The third-order valence-electron chi connectivity index (χ3n) is 3.75. The molecule has 2 aromatic heterocycles. The highest BCUT2D eigenvalue weighted by Crippen LogP contribution is 2.27. The number of thioether (sulfide) groups is 1. The first-order valence-electron chi connectivity index (χ1n) is 8.08. The zero-order valence-corrected chi connectivity index (χ0v) is 15.6. The summed E-state index contributed by atoms with van der Waals surface area (Å²) in [5, 5.41) is 6.86. The molecule has 3 rings (SSSR count). The number of thiophene rings is 1. The lowest BCUT2D eigenvalue weighted by Gasteiger charge is -2.19. The molecule has 0 radical (unpaired) electrons. The zero-order valence-electron chi connectivity index (χ0n) is 14.0. The van der Waals surface area contributed by atoms with Crippen LogP contribution in [-0.4, -0.2) is 41.8 Å². The summed E-state index contributed by atoms with van der Waals surface area (Å²) in [5.74, 6) is 0.408. The normalized spacial score (nSPS) is 10.8. The Morgan fingerprint density at radius 1 is 1.24 bits per heavy atom. The first kappa shape index (κ1) is 17.7. The Morgan fingerprint density at radius 2 is 2.08 bits per heavy atom. The van der Waals surface area contributed by atoms with Gasteiger partial charge in [-0.3, -0.25) is 4.79 Å². The van der Waals surface area contributed by atoms with Gasteiger partial charge in [0.15, 0.2) is 0 Å². The predicted octanol–water partition coefficient (Wildman–Crippen LogP) is 3.43. The Bertz CT molecular complexity index is 822. The van der Waals surface area contributed by atoms with Crippen LogP contribution in [0.15, 0.2) is 53.1 Å². The van der Waals surface area contributed by atoms with Gasteiger partial charge in [-0.2, -0.15) is 0 Å². The van der Waals surface area contributed by atoms with Crippen molar-refractivity contribution in [1.82, 2.24) is 15.3 Å². The number of benzene rings is 1. The summed E-state index contributed by atoms with van der Waals surface area (Å²) in [5.41, 5.74) is 1.19. The second kappa shape index (κ2) is 8.82. The number of fused-ring (bicyclic) bond motifs is 1. The molecular formula is C18H20N4OS2. The molecule has 0 atom stereocenters. The second-order valence-electron chi connectivity index (χ2n) is 5.57. The van der Waals surface area contributed by atoms with Crippen molar-refractivity contribution in [3.8, 4) is 0 Å². The summed E-state index contributed by atoms with van der Waals surface area (Å²) in [6.45, 7) is 1.58. The number of carbonyl (C=O) groups is 1. The molecule has 0 aliphatic carbocycles. The van der Waals surface area contributed by atoms with Crippen LogP contribution in [0.2, 0.25) is 0 Å². The number of anilines is 1. The maximum absolute atomic E-state index is 12.0. The van der Waals surface area contributed by atoms with Crippen LogP contribution in [0.1, 0.15) is 6.42 Å². The molecule has 5 nitrogen and oxygen atoms in total. The fraction of sp³-hybridized carbons (Fsp3) is 0.278. The summed E-state index contributed by atoms with van der Waals surface area (Å²) in [4.78, 5) is 23.7. The minimum atomic E-state index is 0.0364. The van der Waals surface area contributed by atoms with E-state index in [0.717, 1.165) is 28.2 Å². The number of nitrogens with zero attached hydrogens (tertiary/aromatic N) is 3. The maximum atomic E-state index is 12.0. The molecule has 1 aromatic carbocycles. The number of amides is 1. The molecule has 130 valence electrons. The van der Waals surface area contributed by atoms with Crippen LogP contribution in [0.4, 0.5) is 5.69 Å². The van der Waals surface area contributed by atoms with Crippen LogP contribution >= 0.6 is 23.1 Å². The van der Waals surface area contributed by atoms with Gasteiger partial charge in [-0.05, 0) is 30.0 Å². The minimum Gasteiger partial charge on any atom is -0.375 e. The van der Waals surface area contributed by atoms with Crippen molar-refractivity contribution in [1.29, 1.82) is 0 Å². The molecular weight excluding hydrogens is 352 g/mol. The average Bonchev–Trinajstić information content (AvgIpc) is 3.13. The number of hydrogen-bond acceptors (Lipinski definition) is 6. The van der Waals surface area contributed by atoms with Crippen molar-refractivity contribution in [3.05, 3.63) is 48.1 Å². The number of carbonyl (C=O) groups excluding carboxylic acids is 1. The molecule has 0 bridgehead atoms. The monoisotopic (exact) mass is 372 g/mol. The van der Waals surface area contributed by atoms with Gasteiger partial charge in [0.1, 0.15) is 16.2 Å². The molecule has 25 heavy (non-hydrogen) atoms. The van der Waals surface area contributed by atoms with E-state index in [1.165, 1.54) is 17.4 Å². The molecule has 1 N–H and O–H groups in total. The molecule has 1 amide bonds. The first-order chi connectivity index (χ1) is 12.2. The zero-order chi connectivity index (χ0) is 17.5. The highest BCUT2D eigenvalue weighted by molar-refractivity contribution is 8.00. The van der Waals surface area contributed by atoms with E-state index in [1.807, 2.05) is 29.6 Å². The lowest BCUT2D eigenvalue weighted by atomic mass is 10.3. The third kappa shape index (κ3) is 4.93. The summed E-state index contributed by atoms with van der Waals surface area (Å²) in [7, 11) is 2.06. The van der Waals surface area contributed by atoms with Gasteiger partial charge < -0.3 is 10.2 Å². The Labute approximate surface area is 155 Å². The summed E-state index contributed by atoms with van der Waals surface area (Å²) < 4.78 is 0. The van der Waals surface area contributed by atoms with E-state index < -0.39 is 0 Å². The number of hydrogen-bond donors (Lipinski definition) is 1. The third-order valence-corrected chi connectivity index (χ3v) is 5.58.